The number of hydrogen-bond acceptors (Lipinski definition) is 7. The van der Waals surface area contributed by atoms with Crippen molar-refractivity contribution in [3.05, 3.63) is 0 Å². The van der Waals surface area contributed by atoms with Crippen LogP contribution in [0, 0.1) is 5.92 Å². The molecule has 1 fully saturated rings. The highest BCUT2D eigenvalue weighted by molar-refractivity contribution is 5.32. The van der Waals surface area contributed by atoms with Crippen molar-refractivity contribution in [3.8, 4) is 6.01 Å². The van der Waals surface area contributed by atoms with E-state index < -0.39 is 0 Å². The van der Waals surface area contributed by atoms with E-state index in [4.69, 9.17) is 10.5 Å². The van der Waals surface area contributed by atoms with Crippen LogP contribution in [0.15, 0.2) is 0 Å². The molecule has 1 aromatic heterocycles. The predicted octanol–water partition coefficient (Wildman–Crippen LogP) is 0.815. The molecule has 0 bridgehead atoms. The zero-order valence-electron chi connectivity index (χ0n) is 11.2. The van der Waals surface area contributed by atoms with E-state index in [9.17, 15) is 5.11 Å². The minimum absolute atomic E-state index is 0.148. The second kappa shape index (κ2) is 6.51. The second-order valence-electron chi connectivity index (χ2n) is 4.86. The summed E-state index contributed by atoms with van der Waals surface area (Å²) in [4.78, 5) is 12.1. The molecular formula is C12H21N5O2. The molecule has 0 spiro atoms. The van der Waals surface area contributed by atoms with Crippen molar-refractivity contribution in [2.24, 2.45) is 5.92 Å². The van der Waals surface area contributed by atoms with Gasteiger partial charge in [-0.2, -0.15) is 15.0 Å². The van der Waals surface area contributed by atoms with Crippen molar-refractivity contribution in [2.75, 3.05) is 24.2 Å². The summed E-state index contributed by atoms with van der Waals surface area (Å²) in [6, 6.07) is 0.253. The van der Waals surface area contributed by atoms with Crippen LogP contribution in [0.4, 0.5) is 11.9 Å². The third kappa shape index (κ3) is 4.20. The lowest BCUT2D eigenvalue weighted by Gasteiger charge is -2.11. The number of anilines is 2. The summed E-state index contributed by atoms with van der Waals surface area (Å²) in [7, 11) is 0. The largest absolute Gasteiger partial charge is 0.463 e. The standard InChI is InChI=1S/C12H21N5O2/c1-2-5-19-12-16-10(13)15-11(17-12)14-7-8-3-4-9(18)6-8/h8-9,18H,2-7H2,1H3,(H3,13,14,15,16,17). The molecular weight excluding hydrogens is 246 g/mol. The van der Waals surface area contributed by atoms with Gasteiger partial charge in [0, 0.05) is 6.54 Å². The number of nitrogen functional groups attached to an aromatic ring is 1. The molecule has 0 aromatic carbocycles. The Morgan fingerprint density at radius 2 is 2.21 bits per heavy atom. The molecule has 19 heavy (non-hydrogen) atoms. The number of hydrogen-bond donors (Lipinski definition) is 3. The number of aliphatic hydroxyl groups excluding tert-OH is 1. The van der Waals surface area contributed by atoms with Crippen LogP contribution in [0.2, 0.25) is 0 Å². The van der Waals surface area contributed by atoms with Gasteiger partial charge in [0.25, 0.3) is 0 Å². The lowest BCUT2D eigenvalue weighted by atomic mass is 10.1. The molecule has 1 heterocycles. The van der Waals surface area contributed by atoms with E-state index in [1.165, 1.54) is 0 Å². The Bertz CT molecular complexity index is 415. The first-order chi connectivity index (χ1) is 9.17. The molecule has 4 N–H and O–H groups in total. The fraction of sp³-hybridized carbons (Fsp3) is 0.750. The summed E-state index contributed by atoms with van der Waals surface area (Å²) in [5.41, 5.74) is 5.61. The van der Waals surface area contributed by atoms with Crippen LogP contribution < -0.4 is 15.8 Å². The maximum Gasteiger partial charge on any atom is 0.323 e. The lowest BCUT2D eigenvalue weighted by molar-refractivity contribution is 0.178. The second-order valence-corrected chi connectivity index (χ2v) is 4.86. The number of nitrogens with two attached hydrogens (primary N) is 1. The van der Waals surface area contributed by atoms with Crippen molar-refractivity contribution >= 4 is 11.9 Å². The van der Waals surface area contributed by atoms with E-state index in [2.05, 4.69) is 20.3 Å². The summed E-state index contributed by atoms with van der Waals surface area (Å²) in [5.74, 6) is 1.03. The summed E-state index contributed by atoms with van der Waals surface area (Å²) < 4.78 is 5.34. The quantitative estimate of drug-likeness (QED) is 0.700. The number of aliphatic hydroxyl groups is 1. The number of ether oxygens (including phenoxy) is 1. The molecule has 1 aliphatic rings. The first-order valence-corrected chi connectivity index (χ1v) is 6.73. The van der Waals surface area contributed by atoms with E-state index in [1.807, 2.05) is 6.92 Å². The molecule has 0 saturated heterocycles. The highest BCUT2D eigenvalue weighted by Gasteiger charge is 2.22. The molecule has 106 valence electrons. The minimum atomic E-state index is -0.168. The molecule has 1 aliphatic carbocycles. The summed E-state index contributed by atoms with van der Waals surface area (Å²) >= 11 is 0. The van der Waals surface area contributed by atoms with Crippen LogP contribution in [-0.4, -0.2) is 39.3 Å². The van der Waals surface area contributed by atoms with Gasteiger partial charge in [-0.25, -0.2) is 0 Å². The molecule has 2 unspecified atom stereocenters. The van der Waals surface area contributed by atoms with Crippen LogP contribution in [-0.2, 0) is 0 Å². The average molecular weight is 267 g/mol. The molecule has 0 aliphatic heterocycles. The molecule has 7 nitrogen and oxygen atoms in total. The van der Waals surface area contributed by atoms with Gasteiger partial charge in [0.15, 0.2) is 0 Å². The van der Waals surface area contributed by atoms with Gasteiger partial charge in [-0.15, -0.1) is 0 Å². The van der Waals surface area contributed by atoms with Gasteiger partial charge in [0.2, 0.25) is 11.9 Å². The number of nitrogens with one attached hydrogen (secondary N) is 1. The van der Waals surface area contributed by atoms with Crippen molar-refractivity contribution in [2.45, 2.75) is 38.7 Å². The van der Waals surface area contributed by atoms with E-state index in [0.29, 0.717) is 18.5 Å². The Kier molecular flexibility index (Phi) is 4.73. The fourth-order valence-electron chi connectivity index (χ4n) is 2.18. The van der Waals surface area contributed by atoms with Gasteiger partial charge in [-0.3, -0.25) is 0 Å². The van der Waals surface area contributed by atoms with Crippen molar-refractivity contribution < 1.29 is 9.84 Å². The first-order valence-electron chi connectivity index (χ1n) is 6.73. The first kappa shape index (κ1) is 13.8. The van der Waals surface area contributed by atoms with Crippen LogP contribution in [0.5, 0.6) is 6.01 Å². The van der Waals surface area contributed by atoms with Crippen molar-refractivity contribution in [1.29, 1.82) is 0 Å². The van der Waals surface area contributed by atoms with Gasteiger partial charge < -0.3 is 20.9 Å². The molecule has 2 atom stereocenters. The third-order valence-electron chi connectivity index (χ3n) is 3.13. The van der Waals surface area contributed by atoms with Gasteiger partial charge in [-0.1, -0.05) is 6.92 Å². The van der Waals surface area contributed by atoms with E-state index in [-0.39, 0.29) is 18.1 Å². The van der Waals surface area contributed by atoms with Gasteiger partial charge in [0.05, 0.1) is 12.7 Å². The van der Waals surface area contributed by atoms with E-state index in [0.717, 1.165) is 32.2 Å². The smallest absolute Gasteiger partial charge is 0.323 e. The number of aromatic nitrogens is 3. The summed E-state index contributed by atoms with van der Waals surface area (Å²) in [6.07, 6.45) is 3.43. The van der Waals surface area contributed by atoms with E-state index >= 15 is 0 Å². The molecule has 7 heteroatoms. The monoisotopic (exact) mass is 267 g/mol. The highest BCUT2D eigenvalue weighted by Crippen LogP contribution is 2.25. The van der Waals surface area contributed by atoms with Crippen LogP contribution in [0.1, 0.15) is 32.6 Å². The van der Waals surface area contributed by atoms with E-state index in [1.54, 1.807) is 0 Å². The predicted molar refractivity (Wildman–Crippen MR) is 71.9 cm³/mol. The zero-order chi connectivity index (χ0) is 13.7. The topological polar surface area (TPSA) is 106 Å². The molecule has 0 radical (unpaired) electrons. The Morgan fingerprint density at radius 3 is 2.89 bits per heavy atom. The Labute approximate surface area is 112 Å². The minimum Gasteiger partial charge on any atom is -0.463 e. The maximum absolute atomic E-state index is 9.47. The highest BCUT2D eigenvalue weighted by atomic mass is 16.5. The van der Waals surface area contributed by atoms with Gasteiger partial charge in [-0.05, 0) is 31.6 Å². The summed E-state index contributed by atoms with van der Waals surface area (Å²) in [6.45, 7) is 3.29. The number of rotatable bonds is 6. The maximum atomic E-state index is 9.47. The molecule has 2 rings (SSSR count). The van der Waals surface area contributed by atoms with Crippen molar-refractivity contribution in [1.82, 2.24) is 15.0 Å². The normalized spacial score (nSPS) is 22.4. The van der Waals surface area contributed by atoms with Gasteiger partial charge >= 0.3 is 6.01 Å². The SMILES string of the molecule is CCCOc1nc(N)nc(NCC2CCC(O)C2)n1. The Morgan fingerprint density at radius 1 is 1.37 bits per heavy atom. The van der Waals surface area contributed by atoms with Crippen LogP contribution >= 0.6 is 0 Å². The molecule has 0 amide bonds. The van der Waals surface area contributed by atoms with Crippen molar-refractivity contribution in [3.63, 3.8) is 0 Å². The van der Waals surface area contributed by atoms with Gasteiger partial charge in [0.1, 0.15) is 0 Å². The Balaban J connectivity index is 1.90. The van der Waals surface area contributed by atoms with Crippen LogP contribution in [0.25, 0.3) is 0 Å². The number of nitrogens with zero attached hydrogens (tertiary/aromatic N) is 3. The molecule has 1 aromatic rings. The Hall–Kier alpha value is -1.63. The third-order valence-corrected chi connectivity index (χ3v) is 3.13. The zero-order valence-corrected chi connectivity index (χ0v) is 11.2. The fourth-order valence-corrected chi connectivity index (χ4v) is 2.18. The lowest BCUT2D eigenvalue weighted by Crippen LogP contribution is -2.16. The average Bonchev–Trinajstić information content (AvgIpc) is 2.79. The van der Waals surface area contributed by atoms with Crippen LogP contribution in [0.3, 0.4) is 0 Å². The summed E-state index contributed by atoms with van der Waals surface area (Å²) in [5, 5.41) is 12.6. The molecule has 1 saturated carbocycles.